The largest absolute Gasteiger partial charge is 0.418 e. The number of piperidine rings is 1. The highest BCUT2D eigenvalue weighted by Crippen LogP contribution is 2.44. The molecule has 29 heavy (non-hydrogen) atoms. The van der Waals surface area contributed by atoms with Crippen molar-refractivity contribution in [3.8, 4) is 0 Å². The molecule has 3 aliphatic rings. The Morgan fingerprint density at radius 2 is 2.03 bits per heavy atom. The first kappa shape index (κ1) is 20.0. The molecule has 1 aromatic carbocycles. The molecule has 3 N–H and O–H groups in total. The van der Waals surface area contributed by atoms with Gasteiger partial charge in [0.05, 0.1) is 13.2 Å². The summed E-state index contributed by atoms with van der Waals surface area (Å²) in [5.74, 6) is -0.547. The van der Waals surface area contributed by atoms with Crippen LogP contribution in [-0.2, 0) is 24.3 Å². The van der Waals surface area contributed by atoms with Gasteiger partial charge < -0.3 is 10.2 Å². The van der Waals surface area contributed by atoms with Gasteiger partial charge >= 0.3 is 16.4 Å². The van der Waals surface area contributed by atoms with Gasteiger partial charge in [0.2, 0.25) is 0 Å². The molecule has 3 heterocycles. The highest BCUT2D eigenvalue weighted by molar-refractivity contribution is 7.80. The van der Waals surface area contributed by atoms with Crippen LogP contribution in [0.5, 0.6) is 0 Å². The number of benzene rings is 1. The topological polar surface area (TPSA) is 138 Å². The van der Waals surface area contributed by atoms with Gasteiger partial charge in [-0.05, 0) is 30.5 Å². The number of rotatable bonds is 6. The van der Waals surface area contributed by atoms with Crippen molar-refractivity contribution in [3.05, 3.63) is 35.4 Å². The molecule has 12 heteroatoms. The van der Waals surface area contributed by atoms with Crippen molar-refractivity contribution in [1.29, 1.82) is 0 Å². The van der Waals surface area contributed by atoms with Gasteiger partial charge in [-0.3, -0.25) is 14.2 Å². The maximum Gasteiger partial charge on any atom is 0.418 e. The molecule has 0 radical (unpaired) electrons. The highest BCUT2D eigenvalue weighted by Gasteiger charge is 2.52. The minimum Gasteiger partial charge on any atom is -0.312 e. The van der Waals surface area contributed by atoms with Gasteiger partial charge in [-0.25, -0.2) is 10.3 Å². The number of nitrogens with one attached hydrogen (secondary N) is 2. The van der Waals surface area contributed by atoms with Crippen molar-refractivity contribution in [1.82, 2.24) is 20.8 Å². The summed E-state index contributed by atoms with van der Waals surface area (Å²) in [5, 5.41) is 3.88. The van der Waals surface area contributed by atoms with Crippen LogP contribution in [-0.4, -0.2) is 60.6 Å². The second-order valence-electron chi connectivity index (χ2n) is 7.23. The van der Waals surface area contributed by atoms with E-state index in [4.69, 9.17) is 9.39 Å². The molecule has 3 amide bonds. The van der Waals surface area contributed by atoms with E-state index in [2.05, 4.69) is 15.1 Å². The van der Waals surface area contributed by atoms with Crippen LogP contribution in [0.2, 0.25) is 0 Å². The zero-order chi connectivity index (χ0) is 20.6. The quantitative estimate of drug-likeness (QED) is 0.440. The Balaban J connectivity index is 1.52. The van der Waals surface area contributed by atoms with E-state index in [-0.39, 0.29) is 12.6 Å². The highest BCUT2D eigenvalue weighted by atomic mass is 32.3. The van der Waals surface area contributed by atoms with E-state index in [9.17, 15) is 18.0 Å². The molecule has 0 saturated carbocycles. The van der Waals surface area contributed by atoms with Crippen LogP contribution in [0.1, 0.15) is 42.5 Å². The molecule has 4 rings (SSSR count). The van der Waals surface area contributed by atoms with Crippen LogP contribution in [0.4, 0.5) is 4.79 Å². The fourth-order valence-electron chi connectivity index (χ4n) is 4.07. The van der Waals surface area contributed by atoms with Crippen LogP contribution < -0.4 is 10.8 Å². The zero-order valence-electron chi connectivity index (χ0n) is 15.5. The molecule has 3 aliphatic heterocycles. The van der Waals surface area contributed by atoms with E-state index in [1.165, 1.54) is 4.90 Å². The van der Waals surface area contributed by atoms with Gasteiger partial charge in [0.25, 0.3) is 5.91 Å². The summed E-state index contributed by atoms with van der Waals surface area (Å²) < 4.78 is 35.8. The first-order chi connectivity index (χ1) is 13.8. The molecular weight excluding hydrogens is 404 g/mol. The van der Waals surface area contributed by atoms with E-state index < -0.39 is 34.4 Å². The van der Waals surface area contributed by atoms with Crippen molar-refractivity contribution in [3.63, 3.8) is 0 Å². The smallest absolute Gasteiger partial charge is 0.312 e. The maximum atomic E-state index is 12.9. The van der Waals surface area contributed by atoms with Gasteiger partial charge in [-0.2, -0.15) is 13.5 Å². The molecule has 2 saturated heterocycles. The second kappa shape index (κ2) is 7.88. The van der Waals surface area contributed by atoms with E-state index in [1.807, 2.05) is 0 Å². The zero-order valence-corrected chi connectivity index (χ0v) is 16.3. The van der Waals surface area contributed by atoms with Gasteiger partial charge in [0.1, 0.15) is 12.1 Å². The van der Waals surface area contributed by atoms with Crippen molar-refractivity contribution < 1.29 is 31.7 Å². The molecule has 1 aromatic rings. The van der Waals surface area contributed by atoms with Crippen molar-refractivity contribution in [2.24, 2.45) is 0 Å². The lowest BCUT2D eigenvalue weighted by molar-refractivity contribution is -0.139. The summed E-state index contributed by atoms with van der Waals surface area (Å²) >= 11 is 0. The van der Waals surface area contributed by atoms with Crippen molar-refractivity contribution >= 4 is 22.3 Å². The molecule has 3 atom stereocenters. The van der Waals surface area contributed by atoms with E-state index in [0.717, 1.165) is 25.8 Å². The Morgan fingerprint density at radius 1 is 1.28 bits per heavy atom. The van der Waals surface area contributed by atoms with Crippen LogP contribution >= 0.6 is 0 Å². The minimum absolute atomic E-state index is 0.0354. The lowest BCUT2D eigenvalue weighted by Gasteiger charge is -2.31. The Morgan fingerprint density at radius 3 is 2.72 bits per heavy atom. The van der Waals surface area contributed by atoms with Crippen LogP contribution in [0.15, 0.2) is 24.3 Å². The second-order valence-corrected chi connectivity index (χ2v) is 8.24. The summed E-state index contributed by atoms with van der Waals surface area (Å²) in [6.07, 6.45) is 3.16. The van der Waals surface area contributed by atoms with Gasteiger partial charge in [0.15, 0.2) is 0 Å². The number of nitrogens with zero attached hydrogens (tertiary/aromatic N) is 2. The molecule has 0 spiro atoms. The maximum absolute atomic E-state index is 12.9. The number of carbonyl (C=O) groups excluding carboxylic acids is 2. The summed E-state index contributed by atoms with van der Waals surface area (Å²) in [6, 6.07) is 4.34. The standard InChI is InChI=1S/C17H22N4O7S/c22-16(19-27-10-11-5-3-4-8-18-11)15-13-7-2-1-6-12(13)14-9-20(15)17(23)21(14)28-29(24,25)26/h1-2,6-7,11,14-15,18H,3-5,8-10H2,(H,19,22)(H,24,25,26). The number of fused-ring (bicyclic) bond motifs is 4. The minimum atomic E-state index is -4.90. The molecule has 2 fully saturated rings. The third-order valence-corrected chi connectivity index (χ3v) is 5.69. The summed E-state index contributed by atoms with van der Waals surface area (Å²) in [4.78, 5) is 32.1. The average molecular weight is 426 g/mol. The fourth-order valence-corrected chi connectivity index (χ4v) is 4.44. The van der Waals surface area contributed by atoms with Crippen molar-refractivity contribution in [2.75, 3.05) is 19.7 Å². The van der Waals surface area contributed by atoms with Gasteiger partial charge in [-0.15, -0.1) is 4.28 Å². The summed E-state index contributed by atoms with van der Waals surface area (Å²) in [7, 11) is -4.90. The third-order valence-electron chi connectivity index (χ3n) is 5.34. The van der Waals surface area contributed by atoms with Gasteiger partial charge in [0, 0.05) is 6.04 Å². The van der Waals surface area contributed by atoms with E-state index in [1.54, 1.807) is 24.3 Å². The third kappa shape index (κ3) is 4.07. The monoisotopic (exact) mass is 426 g/mol. The summed E-state index contributed by atoms with van der Waals surface area (Å²) in [5.41, 5.74) is 3.51. The number of urea groups is 1. The van der Waals surface area contributed by atoms with Crippen LogP contribution in [0.3, 0.4) is 0 Å². The number of hydrogen-bond acceptors (Lipinski definition) is 7. The Labute approximate surface area is 167 Å². The SMILES string of the molecule is O=C(NOCC1CCCCN1)C1c2ccccc2C2CN1C(=O)N2OS(=O)(=O)O. The number of hydroxylamine groups is 3. The molecule has 11 nitrogen and oxygen atoms in total. The number of carbonyl (C=O) groups is 2. The Bertz CT molecular complexity index is 903. The molecule has 158 valence electrons. The predicted molar refractivity (Wildman–Crippen MR) is 98.2 cm³/mol. The molecule has 3 unspecified atom stereocenters. The molecular formula is C17H22N4O7S. The van der Waals surface area contributed by atoms with Crippen LogP contribution in [0.25, 0.3) is 0 Å². The molecule has 0 aromatic heterocycles. The normalized spacial score (nSPS) is 26.4. The molecule has 0 aliphatic carbocycles. The fraction of sp³-hybridized carbons (Fsp3) is 0.529. The Kier molecular flexibility index (Phi) is 5.44. The lowest BCUT2D eigenvalue weighted by atomic mass is 9.91. The predicted octanol–water partition coefficient (Wildman–Crippen LogP) is 0.444. The average Bonchev–Trinajstić information content (AvgIpc) is 2.95. The van der Waals surface area contributed by atoms with Gasteiger partial charge in [-0.1, -0.05) is 30.7 Å². The first-order valence-electron chi connectivity index (χ1n) is 9.36. The lowest BCUT2D eigenvalue weighted by Crippen LogP contribution is -2.45. The molecule has 2 bridgehead atoms. The number of amides is 3. The van der Waals surface area contributed by atoms with E-state index >= 15 is 0 Å². The number of hydrogen-bond donors (Lipinski definition) is 3. The van der Waals surface area contributed by atoms with Crippen molar-refractivity contribution in [2.45, 2.75) is 37.4 Å². The van der Waals surface area contributed by atoms with E-state index in [0.29, 0.717) is 22.8 Å². The first-order valence-corrected chi connectivity index (χ1v) is 10.7. The summed E-state index contributed by atoms with van der Waals surface area (Å²) in [6.45, 7) is 1.24. The Hall–Kier alpha value is -2.25. The van der Waals surface area contributed by atoms with Crippen LogP contribution in [0, 0.1) is 0 Å².